The lowest BCUT2D eigenvalue weighted by Gasteiger charge is -2.33. The topological polar surface area (TPSA) is 69.8 Å². The van der Waals surface area contributed by atoms with Gasteiger partial charge in [-0.1, -0.05) is 13.3 Å². The van der Waals surface area contributed by atoms with Crippen LogP contribution < -0.4 is 0 Å². The van der Waals surface area contributed by atoms with Crippen LogP contribution in [0, 0.1) is 6.92 Å². The lowest BCUT2D eigenvalue weighted by atomic mass is 10.2. The van der Waals surface area contributed by atoms with Gasteiger partial charge in [0.05, 0.1) is 19.3 Å². The lowest BCUT2D eigenvalue weighted by Crippen LogP contribution is -2.39. The van der Waals surface area contributed by atoms with Crippen LogP contribution in [0.5, 0.6) is 0 Å². The third-order valence-electron chi connectivity index (χ3n) is 4.10. The van der Waals surface area contributed by atoms with E-state index in [-0.39, 0.29) is 6.04 Å². The van der Waals surface area contributed by atoms with Gasteiger partial charge in [0, 0.05) is 43.3 Å². The summed E-state index contributed by atoms with van der Waals surface area (Å²) in [4.78, 5) is 18.1. The van der Waals surface area contributed by atoms with Gasteiger partial charge in [-0.25, -0.2) is 9.97 Å². The Balaban J connectivity index is 1.67. The molecule has 3 rings (SSSR count). The van der Waals surface area contributed by atoms with Gasteiger partial charge in [-0.15, -0.1) is 0 Å². The Bertz CT molecular complexity index is 591. The fourth-order valence-corrected chi connectivity index (χ4v) is 2.86. The van der Waals surface area contributed by atoms with E-state index in [1.165, 1.54) is 18.5 Å². The second-order valence-electron chi connectivity index (χ2n) is 5.97. The van der Waals surface area contributed by atoms with E-state index >= 15 is 0 Å². The molecule has 2 aromatic heterocycles. The highest BCUT2D eigenvalue weighted by Gasteiger charge is 2.27. The van der Waals surface area contributed by atoms with E-state index in [2.05, 4.69) is 31.8 Å². The largest absolute Gasteiger partial charge is 0.378 e. The lowest BCUT2D eigenvalue weighted by molar-refractivity contribution is -0.0161. The van der Waals surface area contributed by atoms with Crippen LogP contribution in [0.3, 0.4) is 0 Å². The number of H-pyrrole nitrogens is 2. The Morgan fingerprint density at radius 2 is 2.23 bits per heavy atom. The van der Waals surface area contributed by atoms with Crippen LogP contribution in [0.1, 0.15) is 48.8 Å². The third-order valence-corrected chi connectivity index (χ3v) is 4.10. The smallest absolute Gasteiger partial charge is 0.126 e. The Hall–Kier alpha value is -1.66. The molecule has 0 radical (unpaired) electrons. The summed E-state index contributed by atoms with van der Waals surface area (Å²) in [6.45, 7) is 7.45. The van der Waals surface area contributed by atoms with Gasteiger partial charge in [0.2, 0.25) is 0 Å². The van der Waals surface area contributed by atoms with E-state index in [0.717, 1.165) is 43.5 Å². The average molecular weight is 303 g/mol. The molecular formula is C16H25N5O. The molecule has 120 valence electrons. The molecule has 6 heteroatoms. The molecule has 6 nitrogen and oxygen atoms in total. The van der Waals surface area contributed by atoms with Gasteiger partial charge in [-0.05, 0) is 13.3 Å². The molecule has 1 aliphatic rings. The summed E-state index contributed by atoms with van der Waals surface area (Å²) < 4.78 is 5.64. The maximum absolute atomic E-state index is 5.64. The van der Waals surface area contributed by atoms with Gasteiger partial charge < -0.3 is 14.7 Å². The summed E-state index contributed by atoms with van der Waals surface area (Å²) in [5.74, 6) is 2.08. The van der Waals surface area contributed by atoms with Gasteiger partial charge in [0.1, 0.15) is 11.6 Å². The highest BCUT2D eigenvalue weighted by molar-refractivity contribution is 5.07. The molecule has 0 aliphatic carbocycles. The van der Waals surface area contributed by atoms with Gasteiger partial charge in [0.25, 0.3) is 0 Å². The summed E-state index contributed by atoms with van der Waals surface area (Å²) >= 11 is 0. The zero-order chi connectivity index (χ0) is 15.4. The number of nitrogens with zero attached hydrogens (tertiary/aromatic N) is 3. The molecule has 0 unspecified atom stereocenters. The highest BCUT2D eigenvalue weighted by atomic mass is 16.5. The predicted molar refractivity (Wildman–Crippen MR) is 84.5 cm³/mol. The Morgan fingerprint density at radius 3 is 3.00 bits per heavy atom. The van der Waals surface area contributed by atoms with Crippen molar-refractivity contribution in [3.05, 3.63) is 35.4 Å². The minimum absolute atomic E-state index is 0.185. The van der Waals surface area contributed by atoms with E-state index in [4.69, 9.17) is 4.74 Å². The number of hydrogen-bond acceptors (Lipinski definition) is 4. The number of aromatic nitrogens is 4. The molecular weight excluding hydrogens is 278 g/mol. The number of unbranched alkanes of at least 4 members (excludes halogenated alkanes) is 1. The van der Waals surface area contributed by atoms with Crippen molar-refractivity contribution in [3.63, 3.8) is 0 Å². The maximum atomic E-state index is 5.64. The number of rotatable bonds is 6. The van der Waals surface area contributed by atoms with Crippen molar-refractivity contribution < 1.29 is 4.74 Å². The van der Waals surface area contributed by atoms with Crippen molar-refractivity contribution in [2.75, 3.05) is 19.8 Å². The minimum atomic E-state index is 0.185. The first-order valence-electron chi connectivity index (χ1n) is 8.12. The summed E-state index contributed by atoms with van der Waals surface area (Å²) in [7, 11) is 0. The number of imidazole rings is 2. The SMILES string of the molecule is CCCCc1ncc(CN2CCOC[C@H]2c2ncc(C)[nH]2)[nH]1. The minimum Gasteiger partial charge on any atom is -0.378 e. The van der Waals surface area contributed by atoms with E-state index in [9.17, 15) is 0 Å². The molecule has 1 fully saturated rings. The second kappa shape index (κ2) is 7.07. The Morgan fingerprint density at radius 1 is 1.32 bits per heavy atom. The standard InChI is InChI=1S/C16H25N5O/c1-3-4-5-15-17-9-13(20-15)10-21-6-7-22-11-14(21)16-18-8-12(2)19-16/h8-9,14H,3-7,10-11H2,1-2H3,(H,17,20)(H,18,19)/t14-/m0/s1. The van der Waals surface area contributed by atoms with Crippen molar-refractivity contribution >= 4 is 0 Å². The molecule has 1 atom stereocenters. The molecule has 2 N–H and O–H groups in total. The zero-order valence-electron chi connectivity index (χ0n) is 13.4. The van der Waals surface area contributed by atoms with Gasteiger partial charge in [0.15, 0.2) is 0 Å². The quantitative estimate of drug-likeness (QED) is 0.859. The highest BCUT2D eigenvalue weighted by Crippen LogP contribution is 2.23. The monoisotopic (exact) mass is 303 g/mol. The fraction of sp³-hybridized carbons (Fsp3) is 0.625. The molecule has 0 spiro atoms. The molecule has 3 heterocycles. The third kappa shape index (κ3) is 3.56. The van der Waals surface area contributed by atoms with Crippen LogP contribution in [0.25, 0.3) is 0 Å². The molecule has 0 saturated carbocycles. The number of aromatic amines is 2. The van der Waals surface area contributed by atoms with Gasteiger partial charge in [-0.3, -0.25) is 4.90 Å². The zero-order valence-corrected chi connectivity index (χ0v) is 13.4. The van der Waals surface area contributed by atoms with E-state index in [1.807, 2.05) is 19.3 Å². The normalized spacial score (nSPS) is 19.6. The summed E-state index contributed by atoms with van der Waals surface area (Å²) in [5, 5.41) is 0. The van der Waals surface area contributed by atoms with Crippen molar-refractivity contribution in [1.29, 1.82) is 0 Å². The van der Waals surface area contributed by atoms with Crippen LogP contribution in [-0.2, 0) is 17.7 Å². The first-order valence-corrected chi connectivity index (χ1v) is 8.12. The number of morpholine rings is 1. The Kier molecular flexibility index (Phi) is 4.90. The Labute approximate surface area is 131 Å². The van der Waals surface area contributed by atoms with Crippen molar-refractivity contribution in [3.8, 4) is 0 Å². The van der Waals surface area contributed by atoms with Crippen LogP contribution in [0.4, 0.5) is 0 Å². The van der Waals surface area contributed by atoms with Gasteiger partial charge >= 0.3 is 0 Å². The molecule has 0 aromatic carbocycles. The van der Waals surface area contributed by atoms with Crippen LogP contribution >= 0.6 is 0 Å². The van der Waals surface area contributed by atoms with Crippen molar-refractivity contribution in [2.45, 2.75) is 45.7 Å². The summed E-state index contributed by atoms with van der Waals surface area (Å²) in [5.41, 5.74) is 2.25. The molecule has 22 heavy (non-hydrogen) atoms. The number of hydrogen-bond donors (Lipinski definition) is 2. The van der Waals surface area contributed by atoms with Gasteiger partial charge in [-0.2, -0.15) is 0 Å². The first kappa shape index (κ1) is 15.2. The molecule has 2 aromatic rings. The van der Waals surface area contributed by atoms with E-state index < -0.39 is 0 Å². The van der Waals surface area contributed by atoms with Crippen molar-refractivity contribution in [1.82, 2.24) is 24.8 Å². The van der Waals surface area contributed by atoms with E-state index in [0.29, 0.717) is 6.61 Å². The molecule has 0 bridgehead atoms. The molecule has 1 aliphatic heterocycles. The van der Waals surface area contributed by atoms with E-state index in [1.54, 1.807) is 0 Å². The fourth-order valence-electron chi connectivity index (χ4n) is 2.86. The maximum Gasteiger partial charge on any atom is 0.126 e. The number of ether oxygens (including phenoxy) is 1. The molecule has 1 saturated heterocycles. The average Bonchev–Trinajstić information content (AvgIpc) is 3.15. The summed E-state index contributed by atoms with van der Waals surface area (Å²) in [6.07, 6.45) is 7.24. The first-order chi connectivity index (χ1) is 10.8. The number of aryl methyl sites for hydroxylation is 2. The van der Waals surface area contributed by atoms with Crippen molar-refractivity contribution in [2.24, 2.45) is 0 Å². The van der Waals surface area contributed by atoms with Crippen LogP contribution in [-0.4, -0.2) is 44.6 Å². The van der Waals surface area contributed by atoms with Crippen LogP contribution in [0.2, 0.25) is 0 Å². The second-order valence-corrected chi connectivity index (χ2v) is 5.97. The summed E-state index contributed by atoms with van der Waals surface area (Å²) in [6, 6.07) is 0.185. The molecule has 0 amide bonds. The number of nitrogens with one attached hydrogen (secondary N) is 2. The predicted octanol–water partition coefficient (Wildman–Crippen LogP) is 2.36. The van der Waals surface area contributed by atoms with Crippen LogP contribution in [0.15, 0.2) is 12.4 Å².